The van der Waals surface area contributed by atoms with Crippen LogP contribution in [-0.2, 0) is 16.6 Å². The Hall–Kier alpha value is -0.940. The molecule has 0 unspecified atom stereocenters. The molecule has 1 fully saturated rings. The van der Waals surface area contributed by atoms with Gasteiger partial charge in [0.1, 0.15) is 5.82 Å². The normalized spacial score (nSPS) is 15.9. The van der Waals surface area contributed by atoms with Crippen molar-refractivity contribution >= 4 is 10.0 Å². The van der Waals surface area contributed by atoms with E-state index >= 15 is 0 Å². The Labute approximate surface area is 127 Å². The molecule has 2 rings (SSSR count). The first-order chi connectivity index (χ1) is 9.87. The van der Waals surface area contributed by atoms with E-state index < -0.39 is 10.0 Å². The maximum absolute atomic E-state index is 13.0. The van der Waals surface area contributed by atoms with Gasteiger partial charge < -0.3 is 0 Å². The van der Waals surface area contributed by atoms with Crippen molar-refractivity contribution in [2.24, 2.45) is 11.8 Å². The van der Waals surface area contributed by atoms with Crippen molar-refractivity contribution in [3.8, 4) is 0 Å². The molecule has 5 heteroatoms. The molecule has 0 aromatic heterocycles. The first-order valence-corrected chi connectivity index (χ1v) is 9.20. The third-order valence-corrected chi connectivity index (χ3v) is 5.59. The molecule has 1 aliphatic rings. The third-order valence-electron chi connectivity index (χ3n) is 3.78. The van der Waals surface area contributed by atoms with E-state index in [1.54, 1.807) is 16.4 Å². The minimum atomic E-state index is -3.24. The highest BCUT2D eigenvalue weighted by atomic mass is 32.2. The van der Waals surface area contributed by atoms with Gasteiger partial charge in [-0.1, -0.05) is 26.0 Å². The molecule has 0 N–H and O–H groups in total. The summed E-state index contributed by atoms with van der Waals surface area (Å²) in [7, 11) is -3.24. The summed E-state index contributed by atoms with van der Waals surface area (Å²) in [6, 6.07) is 6.08. The van der Waals surface area contributed by atoms with Crippen molar-refractivity contribution in [2.45, 2.75) is 39.7 Å². The van der Waals surface area contributed by atoms with Crippen LogP contribution in [0.2, 0.25) is 0 Å². The van der Waals surface area contributed by atoms with Crippen LogP contribution >= 0.6 is 0 Å². The first-order valence-electron chi connectivity index (χ1n) is 7.59. The van der Waals surface area contributed by atoms with Crippen LogP contribution in [0, 0.1) is 17.7 Å². The monoisotopic (exact) mass is 313 g/mol. The molecule has 0 spiro atoms. The van der Waals surface area contributed by atoms with E-state index in [-0.39, 0.29) is 11.6 Å². The minimum absolute atomic E-state index is 0.193. The number of sulfonamides is 1. The smallest absolute Gasteiger partial charge is 0.212 e. The Balaban J connectivity index is 2.07. The number of hydrogen-bond acceptors (Lipinski definition) is 2. The van der Waals surface area contributed by atoms with Gasteiger partial charge in [0, 0.05) is 13.1 Å². The molecular formula is C16H24FNO2S. The predicted octanol–water partition coefficient (Wildman–Crippen LogP) is 3.41. The second-order valence-corrected chi connectivity index (χ2v) is 8.45. The van der Waals surface area contributed by atoms with Crippen LogP contribution in [0.15, 0.2) is 24.3 Å². The largest absolute Gasteiger partial charge is 0.214 e. The van der Waals surface area contributed by atoms with Crippen LogP contribution in [0.5, 0.6) is 0 Å². The summed E-state index contributed by atoms with van der Waals surface area (Å²) >= 11 is 0. The van der Waals surface area contributed by atoms with Gasteiger partial charge in [0.05, 0.1) is 5.75 Å². The topological polar surface area (TPSA) is 37.4 Å². The third kappa shape index (κ3) is 5.40. The molecule has 1 aromatic carbocycles. The van der Waals surface area contributed by atoms with Crippen molar-refractivity contribution in [1.29, 1.82) is 0 Å². The Morgan fingerprint density at radius 3 is 2.38 bits per heavy atom. The van der Waals surface area contributed by atoms with Gasteiger partial charge in [-0.2, -0.15) is 4.31 Å². The van der Waals surface area contributed by atoms with E-state index in [1.165, 1.54) is 12.1 Å². The fraction of sp³-hybridized carbons (Fsp3) is 0.625. The van der Waals surface area contributed by atoms with E-state index in [2.05, 4.69) is 0 Å². The number of rotatable bonds is 8. The zero-order valence-corrected chi connectivity index (χ0v) is 13.6. The number of nitrogens with zero attached hydrogens (tertiary/aromatic N) is 1. The van der Waals surface area contributed by atoms with Crippen molar-refractivity contribution in [3.63, 3.8) is 0 Å². The molecule has 21 heavy (non-hydrogen) atoms. The summed E-state index contributed by atoms with van der Waals surface area (Å²) in [6.45, 7) is 5.00. The maximum atomic E-state index is 13.0. The van der Waals surface area contributed by atoms with Crippen LogP contribution in [0.4, 0.5) is 4.39 Å². The van der Waals surface area contributed by atoms with Gasteiger partial charge in [0.2, 0.25) is 10.0 Å². The number of hydrogen-bond donors (Lipinski definition) is 0. The molecule has 1 aromatic rings. The molecule has 0 amide bonds. The van der Waals surface area contributed by atoms with Gasteiger partial charge in [-0.3, -0.25) is 0 Å². The van der Waals surface area contributed by atoms with Crippen LogP contribution in [0.3, 0.4) is 0 Å². The molecule has 118 valence electrons. The van der Waals surface area contributed by atoms with E-state index in [4.69, 9.17) is 0 Å². The van der Waals surface area contributed by atoms with Crippen LogP contribution < -0.4 is 0 Å². The zero-order chi connectivity index (χ0) is 15.5. The number of benzene rings is 1. The van der Waals surface area contributed by atoms with Crippen LogP contribution in [0.25, 0.3) is 0 Å². The highest BCUT2D eigenvalue weighted by Gasteiger charge is 2.30. The van der Waals surface area contributed by atoms with Gasteiger partial charge in [0.25, 0.3) is 0 Å². The summed E-state index contributed by atoms with van der Waals surface area (Å²) in [5, 5.41) is 0. The average Bonchev–Trinajstić information content (AvgIpc) is 3.22. The molecule has 0 aliphatic heterocycles. The summed E-state index contributed by atoms with van der Waals surface area (Å²) in [5.74, 6) is 0.765. The fourth-order valence-corrected chi connectivity index (χ4v) is 3.98. The summed E-state index contributed by atoms with van der Waals surface area (Å²) in [4.78, 5) is 0. The molecule has 0 heterocycles. The Kier molecular flexibility index (Phi) is 5.38. The average molecular weight is 313 g/mol. The fourth-order valence-electron chi connectivity index (χ4n) is 2.17. The standard InChI is InChI=1S/C16H24FNO2S/c1-13(2)9-10-21(19,20)18(11-14-3-4-14)12-15-5-7-16(17)8-6-15/h5-8,13-14H,3-4,9-12H2,1-2H3. The minimum Gasteiger partial charge on any atom is -0.212 e. The van der Waals surface area contributed by atoms with Crippen molar-refractivity contribution in [2.75, 3.05) is 12.3 Å². The lowest BCUT2D eigenvalue weighted by atomic mass is 10.2. The van der Waals surface area contributed by atoms with Crippen molar-refractivity contribution in [1.82, 2.24) is 4.31 Å². The highest BCUT2D eigenvalue weighted by molar-refractivity contribution is 7.89. The van der Waals surface area contributed by atoms with Gasteiger partial charge >= 0.3 is 0 Å². The second-order valence-electron chi connectivity index (χ2n) is 6.36. The van der Waals surface area contributed by atoms with Crippen LogP contribution in [0.1, 0.15) is 38.7 Å². The quantitative estimate of drug-likeness (QED) is 0.737. The van der Waals surface area contributed by atoms with Gasteiger partial charge in [-0.15, -0.1) is 0 Å². The maximum Gasteiger partial charge on any atom is 0.214 e. The SMILES string of the molecule is CC(C)CCS(=O)(=O)N(Cc1ccc(F)cc1)CC1CC1. The van der Waals surface area contributed by atoms with Gasteiger partial charge in [-0.05, 0) is 48.8 Å². The van der Waals surface area contributed by atoms with Gasteiger partial charge in [0.15, 0.2) is 0 Å². The molecule has 1 saturated carbocycles. The molecule has 0 radical (unpaired) electrons. The Morgan fingerprint density at radius 1 is 1.24 bits per heavy atom. The molecule has 0 atom stereocenters. The molecule has 3 nitrogen and oxygen atoms in total. The lowest BCUT2D eigenvalue weighted by Gasteiger charge is -2.22. The summed E-state index contributed by atoms with van der Waals surface area (Å²) in [6.07, 6.45) is 2.89. The van der Waals surface area contributed by atoms with E-state index in [1.807, 2.05) is 13.8 Å². The molecular weight excluding hydrogens is 289 g/mol. The van der Waals surface area contributed by atoms with Gasteiger partial charge in [-0.25, -0.2) is 12.8 Å². The Bertz CT molecular complexity index is 550. The molecule has 1 aliphatic carbocycles. The van der Waals surface area contributed by atoms with Crippen molar-refractivity contribution < 1.29 is 12.8 Å². The lowest BCUT2D eigenvalue weighted by Crippen LogP contribution is -2.34. The lowest BCUT2D eigenvalue weighted by molar-refractivity contribution is 0.388. The van der Waals surface area contributed by atoms with E-state index in [9.17, 15) is 12.8 Å². The Morgan fingerprint density at radius 2 is 1.86 bits per heavy atom. The molecule has 0 bridgehead atoms. The number of halogens is 1. The van der Waals surface area contributed by atoms with Crippen molar-refractivity contribution in [3.05, 3.63) is 35.6 Å². The zero-order valence-electron chi connectivity index (χ0n) is 12.8. The summed E-state index contributed by atoms with van der Waals surface area (Å²) in [5.41, 5.74) is 0.838. The highest BCUT2D eigenvalue weighted by Crippen LogP contribution is 2.31. The van der Waals surface area contributed by atoms with E-state index in [0.717, 1.165) is 18.4 Å². The first kappa shape index (κ1) is 16.4. The second kappa shape index (κ2) is 6.88. The van der Waals surface area contributed by atoms with E-state index in [0.29, 0.717) is 31.3 Å². The summed E-state index contributed by atoms with van der Waals surface area (Å²) < 4.78 is 39.6. The van der Waals surface area contributed by atoms with Crippen LogP contribution in [-0.4, -0.2) is 25.0 Å². The molecule has 0 saturated heterocycles. The predicted molar refractivity (Wildman–Crippen MR) is 82.8 cm³/mol.